The highest BCUT2D eigenvalue weighted by Gasteiger charge is 2.27. The molecule has 1 nitrogen and oxygen atoms in total. The highest BCUT2D eigenvalue weighted by Crippen LogP contribution is 2.40. The van der Waals surface area contributed by atoms with E-state index in [9.17, 15) is 0 Å². The molecule has 0 aromatic heterocycles. The summed E-state index contributed by atoms with van der Waals surface area (Å²) in [6.45, 7) is 4.31. The van der Waals surface area contributed by atoms with E-state index in [0.29, 0.717) is 5.92 Å². The monoisotopic (exact) mass is 299 g/mol. The maximum absolute atomic E-state index is 6.40. The highest BCUT2D eigenvalue weighted by molar-refractivity contribution is 6.35. The summed E-state index contributed by atoms with van der Waals surface area (Å²) in [6.07, 6.45) is 6.56. The Morgan fingerprint density at radius 2 is 2.00 bits per heavy atom. The first-order valence-corrected chi connectivity index (χ1v) is 8.13. The Labute approximate surface area is 126 Å². The van der Waals surface area contributed by atoms with Crippen LogP contribution in [0.2, 0.25) is 10.0 Å². The van der Waals surface area contributed by atoms with Gasteiger partial charge in [-0.3, -0.25) is 0 Å². The lowest BCUT2D eigenvalue weighted by Crippen LogP contribution is -2.26. The Balaban J connectivity index is 2.14. The van der Waals surface area contributed by atoms with Gasteiger partial charge in [-0.15, -0.1) is 0 Å². The van der Waals surface area contributed by atoms with E-state index in [-0.39, 0.29) is 0 Å². The number of rotatable bonds is 6. The summed E-state index contributed by atoms with van der Waals surface area (Å²) in [5.41, 5.74) is 1.27. The van der Waals surface area contributed by atoms with E-state index in [1.54, 1.807) is 0 Å². The largest absolute Gasteiger partial charge is 0.316 e. The third-order valence-electron chi connectivity index (χ3n) is 4.12. The summed E-state index contributed by atoms with van der Waals surface area (Å²) in [4.78, 5) is 0. The molecule has 0 saturated heterocycles. The van der Waals surface area contributed by atoms with Gasteiger partial charge in [-0.1, -0.05) is 49.0 Å². The zero-order valence-electron chi connectivity index (χ0n) is 11.6. The Hall–Kier alpha value is -0.240. The van der Waals surface area contributed by atoms with Gasteiger partial charge in [0, 0.05) is 22.5 Å². The predicted octanol–water partition coefficient (Wildman–Crippen LogP) is 5.27. The Morgan fingerprint density at radius 1 is 1.26 bits per heavy atom. The molecule has 0 radical (unpaired) electrons. The summed E-state index contributed by atoms with van der Waals surface area (Å²) < 4.78 is 0. The second-order valence-electron chi connectivity index (χ2n) is 5.52. The molecule has 1 atom stereocenters. The summed E-state index contributed by atoms with van der Waals surface area (Å²) in [5, 5.41) is 5.11. The van der Waals surface area contributed by atoms with Crippen molar-refractivity contribution < 1.29 is 0 Å². The number of hydrogen-bond acceptors (Lipinski definition) is 1. The molecule has 1 unspecified atom stereocenters. The van der Waals surface area contributed by atoms with E-state index in [0.717, 1.165) is 29.1 Å². The third-order valence-corrected chi connectivity index (χ3v) is 4.68. The fourth-order valence-corrected chi connectivity index (χ4v) is 3.68. The minimum Gasteiger partial charge on any atom is -0.316 e. The van der Waals surface area contributed by atoms with E-state index >= 15 is 0 Å². The molecular weight excluding hydrogens is 277 g/mol. The maximum atomic E-state index is 6.40. The zero-order chi connectivity index (χ0) is 13.7. The molecule has 1 aromatic carbocycles. The second kappa shape index (κ2) is 7.52. The van der Waals surface area contributed by atoms with Crippen molar-refractivity contribution in [1.82, 2.24) is 5.32 Å². The van der Waals surface area contributed by atoms with Crippen molar-refractivity contribution in [2.24, 2.45) is 5.92 Å². The van der Waals surface area contributed by atoms with Crippen molar-refractivity contribution in [1.29, 1.82) is 0 Å². The van der Waals surface area contributed by atoms with Crippen LogP contribution in [0.4, 0.5) is 0 Å². The van der Waals surface area contributed by atoms with Crippen molar-refractivity contribution in [2.75, 3.05) is 13.1 Å². The summed E-state index contributed by atoms with van der Waals surface area (Å²) in [7, 11) is 0. The van der Waals surface area contributed by atoms with Crippen molar-refractivity contribution in [3.63, 3.8) is 0 Å². The van der Waals surface area contributed by atoms with Crippen molar-refractivity contribution in [2.45, 2.75) is 44.9 Å². The Kier molecular flexibility index (Phi) is 6.00. The lowest BCUT2D eigenvalue weighted by Gasteiger charge is -2.25. The molecule has 0 heterocycles. The van der Waals surface area contributed by atoms with Gasteiger partial charge >= 0.3 is 0 Å². The molecule has 1 saturated carbocycles. The van der Waals surface area contributed by atoms with Crippen LogP contribution in [0, 0.1) is 5.92 Å². The van der Waals surface area contributed by atoms with Crippen LogP contribution in [0.15, 0.2) is 18.2 Å². The van der Waals surface area contributed by atoms with Crippen LogP contribution in [-0.2, 0) is 0 Å². The molecule has 1 aliphatic rings. The van der Waals surface area contributed by atoms with E-state index in [1.165, 1.54) is 37.7 Å². The standard InChI is InChI=1S/C16H23Cl2N/c1-2-9-19-11-15(12-5-3-4-6-12)14-8-7-13(17)10-16(14)18/h7-8,10,12,15,19H,2-6,9,11H2,1H3. The van der Waals surface area contributed by atoms with Gasteiger partial charge in [-0.05, 0) is 49.4 Å². The number of hydrogen-bond donors (Lipinski definition) is 1. The van der Waals surface area contributed by atoms with Gasteiger partial charge in [-0.2, -0.15) is 0 Å². The molecule has 2 rings (SSSR count). The second-order valence-corrected chi connectivity index (χ2v) is 6.36. The summed E-state index contributed by atoms with van der Waals surface area (Å²) in [6, 6.07) is 5.95. The van der Waals surface area contributed by atoms with Gasteiger partial charge < -0.3 is 5.32 Å². The van der Waals surface area contributed by atoms with Gasteiger partial charge in [-0.25, -0.2) is 0 Å². The summed E-state index contributed by atoms with van der Waals surface area (Å²) in [5.74, 6) is 1.29. The molecule has 0 spiro atoms. The van der Waals surface area contributed by atoms with Crippen molar-refractivity contribution in [3.05, 3.63) is 33.8 Å². The molecular formula is C16H23Cl2N. The fourth-order valence-electron chi connectivity index (χ4n) is 3.13. The summed E-state index contributed by atoms with van der Waals surface area (Å²) >= 11 is 12.4. The highest BCUT2D eigenvalue weighted by atomic mass is 35.5. The smallest absolute Gasteiger partial charge is 0.0456 e. The normalized spacial score (nSPS) is 17.8. The molecule has 1 aliphatic carbocycles. The topological polar surface area (TPSA) is 12.0 Å². The van der Waals surface area contributed by atoms with Crippen molar-refractivity contribution in [3.8, 4) is 0 Å². The van der Waals surface area contributed by atoms with Crippen LogP contribution in [-0.4, -0.2) is 13.1 Å². The average molecular weight is 300 g/mol. The molecule has 3 heteroatoms. The fraction of sp³-hybridized carbons (Fsp3) is 0.625. The van der Waals surface area contributed by atoms with Crippen LogP contribution in [0.5, 0.6) is 0 Å². The van der Waals surface area contributed by atoms with Crippen LogP contribution in [0.1, 0.15) is 50.5 Å². The molecule has 19 heavy (non-hydrogen) atoms. The van der Waals surface area contributed by atoms with E-state index in [1.807, 2.05) is 12.1 Å². The first kappa shape index (κ1) is 15.2. The quantitative estimate of drug-likeness (QED) is 0.706. The molecule has 106 valence electrons. The first-order chi connectivity index (χ1) is 9.22. The lowest BCUT2D eigenvalue weighted by atomic mass is 9.84. The van der Waals surface area contributed by atoms with Gasteiger partial charge in [0.1, 0.15) is 0 Å². The molecule has 0 amide bonds. The van der Waals surface area contributed by atoms with Crippen LogP contribution < -0.4 is 5.32 Å². The molecule has 0 aliphatic heterocycles. The van der Waals surface area contributed by atoms with Crippen molar-refractivity contribution >= 4 is 23.2 Å². The van der Waals surface area contributed by atoms with Gasteiger partial charge in [0.05, 0.1) is 0 Å². The Morgan fingerprint density at radius 3 is 2.63 bits per heavy atom. The average Bonchev–Trinajstić information content (AvgIpc) is 2.89. The Bertz CT molecular complexity index is 400. The zero-order valence-corrected chi connectivity index (χ0v) is 13.1. The number of nitrogens with one attached hydrogen (secondary N) is 1. The minimum atomic E-state index is 0.527. The molecule has 1 fully saturated rings. The maximum Gasteiger partial charge on any atom is 0.0456 e. The minimum absolute atomic E-state index is 0.527. The SMILES string of the molecule is CCCNCC(c1ccc(Cl)cc1Cl)C1CCCC1. The molecule has 0 bridgehead atoms. The van der Waals surface area contributed by atoms with Crippen LogP contribution >= 0.6 is 23.2 Å². The van der Waals surface area contributed by atoms with Gasteiger partial charge in [0.25, 0.3) is 0 Å². The van der Waals surface area contributed by atoms with E-state index < -0.39 is 0 Å². The van der Waals surface area contributed by atoms with Crippen LogP contribution in [0.3, 0.4) is 0 Å². The van der Waals surface area contributed by atoms with E-state index in [4.69, 9.17) is 23.2 Å². The number of benzene rings is 1. The first-order valence-electron chi connectivity index (χ1n) is 7.38. The van der Waals surface area contributed by atoms with E-state index in [2.05, 4.69) is 18.3 Å². The van der Waals surface area contributed by atoms with Gasteiger partial charge in [0.2, 0.25) is 0 Å². The lowest BCUT2D eigenvalue weighted by molar-refractivity contribution is 0.411. The molecule has 1 aromatic rings. The molecule has 1 N–H and O–H groups in total. The van der Waals surface area contributed by atoms with Gasteiger partial charge in [0.15, 0.2) is 0 Å². The van der Waals surface area contributed by atoms with Crippen LogP contribution in [0.25, 0.3) is 0 Å². The third kappa shape index (κ3) is 4.11. The number of halogens is 2. The predicted molar refractivity (Wildman–Crippen MR) is 84.3 cm³/mol.